The molecule has 174 valence electrons. The van der Waals surface area contributed by atoms with Crippen molar-refractivity contribution in [3.63, 3.8) is 0 Å². The van der Waals surface area contributed by atoms with Crippen molar-refractivity contribution in [2.24, 2.45) is 5.92 Å². The van der Waals surface area contributed by atoms with E-state index in [1.54, 1.807) is 0 Å². The Morgan fingerprint density at radius 2 is 1.91 bits per heavy atom. The first kappa shape index (κ1) is 22.1. The van der Waals surface area contributed by atoms with Crippen LogP contribution in [0.15, 0.2) is 54.6 Å². The van der Waals surface area contributed by atoms with Crippen LogP contribution in [0.3, 0.4) is 0 Å². The summed E-state index contributed by atoms with van der Waals surface area (Å²) >= 11 is 0. The van der Waals surface area contributed by atoms with Crippen molar-refractivity contribution in [2.75, 3.05) is 23.3 Å². The molecule has 5 rings (SSSR count). The highest BCUT2D eigenvalue weighted by Crippen LogP contribution is 2.31. The Labute approximate surface area is 199 Å². The summed E-state index contributed by atoms with van der Waals surface area (Å²) in [5.41, 5.74) is 5.82. The average molecular weight is 455 g/mol. The normalized spacial score (nSPS) is 16.1. The molecule has 1 N–H and O–H groups in total. The summed E-state index contributed by atoms with van der Waals surface area (Å²) in [6.07, 6.45) is 2.72. The van der Waals surface area contributed by atoms with E-state index >= 15 is 0 Å². The highest BCUT2D eigenvalue weighted by Gasteiger charge is 2.29. The number of amides is 1. The number of nitrogens with zero attached hydrogens (tertiary/aromatic N) is 5. The van der Waals surface area contributed by atoms with Gasteiger partial charge >= 0.3 is 0 Å². The van der Waals surface area contributed by atoms with Crippen molar-refractivity contribution in [3.8, 4) is 5.69 Å². The maximum atomic E-state index is 13.1. The predicted octanol–water partition coefficient (Wildman–Crippen LogP) is 4.85. The summed E-state index contributed by atoms with van der Waals surface area (Å²) in [5.74, 6) is 0.693. The standard InChI is InChI=1S/C27H30N6O/c1-4-20-10-8-12-22(16-20)28-27(34)21-11-9-15-32(17-21)26-25-24(18(2)29-30-26)19(3)33(31-25)23-13-6-5-7-14-23/h5-8,10,12-14,16,21H,4,9,11,15,17H2,1-3H3,(H,28,34)/t21-/m0/s1. The maximum Gasteiger partial charge on any atom is 0.229 e. The molecule has 0 saturated carbocycles. The SMILES string of the molecule is CCc1cccc(NC(=O)[C@H]2CCCN(c3nnc(C)c4c(C)n(-c5ccccc5)nc34)C2)c1. The first-order valence-electron chi connectivity index (χ1n) is 12.0. The second-order valence-corrected chi connectivity index (χ2v) is 8.99. The van der Waals surface area contributed by atoms with E-state index in [1.807, 2.05) is 60.1 Å². The van der Waals surface area contributed by atoms with Gasteiger partial charge in [-0.2, -0.15) is 10.2 Å². The minimum absolute atomic E-state index is 0.0558. The highest BCUT2D eigenvalue weighted by atomic mass is 16.1. The number of nitrogens with one attached hydrogen (secondary N) is 1. The lowest BCUT2D eigenvalue weighted by molar-refractivity contribution is -0.120. The van der Waals surface area contributed by atoms with Crippen molar-refractivity contribution >= 4 is 28.3 Å². The Morgan fingerprint density at radius 3 is 2.71 bits per heavy atom. The molecule has 34 heavy (non-hydrogen) atoms. The number of fused-ring (bicyclic) bond motifs is 1. The summed E-state index contributed by atoms with van der Waals surface area (Å²) in [4.78, 5) is 15.3. The molecule has 0 bridgehead atoms. The molecule has 1 saturated heterocycles. The molecule has 0 radical (unpaired) electrons. The molecule has 7 nitrogen and oxygen atoms in total. The smallest absolute Gasteiger partial charge is 0.229 e. The second kappa shape index (κ2) is 9.25. The fourth-order valence-corrected chi connectivity index (χ4v) is 4.84. The number of para-hydroxylation sites is 1. The van der Waals surface area contributed by atoms with Gasteiger partial charge in [0.25, 0.3) is 0 Å². The third kappa shape index (κ3) is 4.14. The van der Waals surface area contributed by atoms with Crippen LogP contribution in [0.4, 0.5) is 11.5 Å². The summed E-state index contributed by atoms with van der Waals surface area (Å²) in [5, 5.41) is 18.1. The molecular formula is C27H30N6O. The fraction of sp³-hybridized carbons (Fsp3) is 0.333. The first-order chi connectivity index (χ1) is 16.5. The van der Waals surface area contributed by atoms with Gasteiger partial charge in [-0.15, -0.1) is 5.10 Å². The van der Waals surface area contributed by atoms with E-state index in [1.165, 1.54) is 5.56 Å². The summed E-state index contributed by atoms with van der Waals surface area (Å²) in [6, 6.07) is 18.2. The molecule has 2 aromatic carbocycles. The molecule has 1 aliphatic rings. The van der Waals surface area contributed by atoms with E-state index in [0.29, 0.717) is 6.54 Å². The molecule has 3 heterocycles. The largest absolute Gasteiger partial charge is 0.352 e. The van der Waals surface area contributed by atoms with Gasteiger partial charge in [-0.25, -0.2) is 4.68 Å². The Balaban J connectivity index is 1.43. The highest BCUT2D eigenvalue weighted by molar-refractivity contribution is 5.95. The lowest BCUT2D eigenvalue weighted by Crippen LogP contribution is -2.41. The van der Waals surface area contributed by atoms with Crippen LogP contribution >= 0.6 is 0 Å². The van der Waals surface area contributed by atoms with Crippen LogP contribution in [0.5, 0.6) is 0 Å². The molecule has 7 heteroatoms. The van der Waals surface area contributed by atoms with Gasteiger partial charge in [-0.05, 0) is 62.9 Å². The molecule has 1 fully saturated rings. The van der Waals surface area contributed by atoms with Gasteiger partial charge in [0.15, 0.2) is 5.82 Å². The first-order valence-corrected chi connectivity index (χ1v) is 12.0. The van der Waals surface area contributed by atoms with Gasteiger partial charge < -0.3 is 10.2 Å². The quantitative estimate of drug-likeness (QED) is 0.467. The zero-order valence-corrected chi connectivity index (χ0v) is 20.0. The van der Waals surface area contributed by atoms with Gasteiger partial charge in [0.1, 0.15) is 5.52 Å². The summed E-state index contributed by atoms with van der Waals surface area (Å²) in [6.45, 7) is 7.59. The summed E-state index contributed by atoms with van der Waals surface area (Å²) < 4.78 is 1.96. The van der Waals surface area contributed by atoms with Gasteiger partial charge in [0.05, 0.1) is 28.4 Å². The number of anilines is 2. The van der Waals surface area contributed by atoms with Crippen LogP contribution in [0, 0.1) is 19.8 Å². The van der Waals surface area contributed by atoms with Crippen LogP contribution in [0.25, 0.3) is 16.6 Å². The molecule has 0 spiro atoms. The molecule has 4 aromatic rings. The van der Waals surface area contributed by atoms with Crippen molar-refractivity contribution in [1.29, 1.82) is 0 Å². The maximum absolute atomic E-state index is 13.1. The van der Waals surface area contributed by atoms with E-state index in [9.17, 15) is 4.79 Å². The van der Waals surface area contributed by atoms with Gasteiger partial charge in [-0.1, -0.05) is 37.3 Å². The average Bonchev–Trinajstić information content (AvgIpc) is 3.23. The molecule has 0 aliphatic carbocycles. The van der Waals surface area contributed by atoms with E-state index in [2.05, 4.69) is 40.3 Å². The number of carbonyl (C=O) groups excluding carboxylic acids is 1. The molecule has 1 amide bonds. The van der Waals surface area contributed by atoms with Gasteiger partial charge in [0, 0.05) is 18.8 Å². The predicted molar refractivity (Wildman–Crippen MR) is 136 cm³/mol. The molecule has 1 atom stereocenters. The van der Waals surface area contributed by atoms with E-state index in [4.69, 9.17) is 5.10 Å². The summed E-state index contributed by atoms with van der Waals surface area (Å²) in [7, 11) is 0. The number of benzene rings is 2. The zero-order chi connectivity index (χ0) is 23.7. The van der Waals surface area contributed by atoms with E-state index in [-0.39, 0.29) is 11.8 Å². The molecule has 0 unspecified atom stereocenters. The van der Waals surface area contributed by atoms with E-state index in [0.717, 1.165) is 65.3 Å². The molecular weight excluding hydrogens is 424 g/mol. The van der Waals surface area contributed by atoms with Crippen LogP contribution in [0.1, 0.15) is 36.7 Å². The third-order valence-corrected chi connectivity index (χ3v) is 6.68. The number of rotatable bonds is 5. The lowest BCUT2D eigenvalue weighted by Gasteiger charge is -2.32. The van der Waals surface area contributed by atoms with Crippen molar-refractivity contribution in [2.45, 2.75) is 40.0 Å². The Bertz CT molecular complexity index is 1330. The number of hydrogen-bond acceptors (Lipinski definition) is 5. The lowest BCUT2D eigenvalue weighted by atomic mass is 9.96. The number of aromatic nitrogens is 4. The minimum Gasteiger partial charge on any atom is -0.352 e. The van der Waals surface area contributed by atoms with Crippen LogP contribution in [-0.2, 0) is 11.2 Å². The Hall–Kier alpha value is -3.74. The number of piperidine rings is 1. The van der Waals surface area contributed by atoms with Crippen LogP contribution in [-0.4, -0.2) is 39.0 Å². The number of hydrogen-bond donors (Lipinski definition) is 1. The van der Waals surface area contributed by atoms with Gasteiger partial charge in [0.2, 0.25) is 5.91 Å². The van der Waals surface area contributed by atoms with Crippen molar-refractivity contribution in [3.05, 3.63) is 71.5 Å². The Kier molecular flexibility index (Phi) is 6.01. The van der Waals surface area contributed by atoms with Gasteiger partial charge in [-0.3, -0.25) is 4.79 Å². The zero-order valence-electron chi connectivity index (χ0n) is 20.0. The van der Waals surface area contributed by atoms with Crippen LogP contribution in [0.2, 0.25) is 0 Å². The monoisotopic (exact) mass is 454 g/mol. The second-order valence-electron chi connectivity index (χ2n) is 8.99. The topological polar surface area (TPSA) is 75.9 Å². The van der Waals surface area contributed by atoms with Crippen LogP contribution < -0.4 is 10.2 Å². The minimum atomic E-state index is -0.116. The number of carbonyl (C=O) groups is 1. The van der Waals surface area contributed by atoms with E-state index < -0.39 is 0 Å². The molecule has 2 aromatic heterocycles. The third-order valence-electron chi connectivity index (χ3n) is 6.68. The van der Waals surface area contributed by atoms with Crippen molar-refractivity contribution < 1.29 is 4.79 Å². The number of aryl methyl sites for hydroxylation is 3. The Morgan fingerprint density at radius 1 is 1.09 bits per heavy atom. The van der Waals surface area contributed by atoms with Crippen molar-refractivity contribution in [1.82, 2.24) is 20.0 Å². The fourth-order valence-electron chi connectivity index (χ4n) is 4.84. The molecule has 1 aliphatic heterocycles.